The molecular formula is C26H33N3O4. The molecule has 1 aliphatic rings. The van der Waals surface area contributed by atoms with Gasteiger partial charge in [-0.25, -0.2) is 9.78 Å². The van der Waals surface area contributed by atoms with E-state index < -0.39 is 12.5 Å². The maximum Gasteiger partial charge on any atom is 0.328 e. The second-order valence-corrected chi connectivity index (χ2v) is 8.65. The number of nitrogens with zero attached hydrogens (tertiary/aromatic N) is 3. The van der Waals surface area contributed by atoms with Crippen LogP contribution < -0.4 is 14.5 Å². The molecule has 1 aromatic carbocycles. The number of aromatic nitrogens is 1. The quantitative estimate of drug-likeness (QED) is 0.565. The van der Waals surface area contributed by atoms with Gasteiger partial charge in [-0.3, -0.25) is 9.69 Å². The van der Waals surface area contributed by atoms with Crippen molar-refractivity contribution >= 4 is 29.5 Å². The first kappa shape index (κ1) is 22.8. The van der Waals surface area contributed by atoms with E-state index in [-0.39, 0.29) is 17.7 Å². The van der Waals surface area contributed by atoms with Gasteiger partial charge in [0.25, 0.3) is 0 Å². The first-order chi connectivity index (χ1) is 16.3. The van der Waals surface area contributed by atoms with Gasteiger partial charge in [0, 0.05) is 44.0 Å². The molecule has 1 fully saturated rings. The number of hydrogen-bond acceptors (Lipinski definition) is 5. The highest BCUT2D eigenvalue weighted by Crippen LogP contribution is 2.27. The van der Waals surface area contributed by atoms with Gasteiger partial charge in [0.15, 0.2) is 0 Å². The van der Waals surface area contributed by atoms with Gasteiger partial charge < -0.3 is 14.7 Å². The average Bonchev–Trinajstić information content (AvgIpc) is 2.83. The Hall–Kier alpha value is -3.35. The van der Waals surface area contributed by atoms with Gasteiger partial charge in [0.1, 0.15) is 11.6 Å². The summed E-state index contributed by atoms with van der Waals surface area (Å²) in [6.07, 6.45) is 5.94. The molecule has 0 saturated carbocycles. The minimum absolute atomic E-state index is 0.00521. The van der Waals surface area contributed by atoms with Gasteiger partial charge in [-0.15, -0.1) is 0 Å². The third-order valence-corrected chi connectivity index (χ3v) is 5.62. The van der Waals surface area contributed by atoms with Crippen LogP contribution in [0.2, 0.25) is 0 Å². The van der Waals surface area contributed by atoms with Crippen LogP contribution in [0.5, 0.6) is 5.75 Å². The second kappa shape index (κ2) is 11.5. The van der Waals surface area contributed by atoms with Gasteiger partial charge in [0.2, 0.25) is 5.91 Å². The predicted molar refractivity (Wildman–Crippen MR) is 131 cm³/mol. The number of carboxylic acid groups (broad SMARTS) is 1. The standard InChI is InChI=1S/C26H33N3O4/c1-19(2)16-25(30)29(24-17-20(10-13-27-24)4-9-26(31)32)18-21-11-14-28(15-12-21)22-5-7-23(33-3)8-6-22/h4-10,13,17,19,21H,11-12,14-16,18H2,1-3H3,(H,31,32)/i18D. The predicted octanol–water partition coefficient (Wildman–Crippen LogP) is 4.48. The summed E-state index contributed by atoms with van der Waals surface area (Å²) in [5.74, 6) is 0.167. The molecule has 1 amide bonds. The Bertz CT molecular complexity index is 1000. The van der Waals surface area contributed by atoms with Crippen LogP contribution in [0.1, 0.15) is 40.0 Å². The lowest BCUT2D eigenvalue weighted by Gasteiger charge is -2.36. The Labute approximate surface area is 197 Å². The van der Waals surface area contributed by atoms with Crippen LogP contribution in [-0.2, 0) is 9.59 Å². The molecule has 33 heavy (non-hydrogen) atoms. The Morgan fingerprint density at radius 1 is 1.27 bits per heavy atom. The fraction of sp³-hybridized carbons (Fsp3) is 0.423. The van der Waals surface area contributed by atoms with Crippen molar-refractivity contribution in [2.75, 3.05) is 36.5 Å². The van der Waals surface area contributed by atoms with Gasteiger partial charge in [-0.1, -0.05) is 13.8 Å². The number of amides is 1. The number of anilines is 2. The summed E-state index contributed by atoms with van der Waals surface area (Å²) >= 11 is 0. The highest BCUT2D eigenvalue weighted by molar-refractivity contribution is 5.93. The number of rotatable bonds is 9. The van der Waals surface area contributed by atoms with Crippen molar-refractivity contribution < 1.29 is 20.8 Å². The van der Waals surface area contributed by atoms with Crippen LogP contribution in [0.25, 0.3) is 6.08 Å². The molecule has 1 aliphatic heterocycles. The monoisotopic (exact) mass is 452 g/mol. The van der Waals surface area contributed by atoms with E-state index in [1.165, 1.54) is 11.0 Å². The number of benzene rings is 1. The summed E-state index contributed by atoms with van der Waals surface area (Å²) in [6.45, 7) is 4.78. The van der Waals surface area contributed by atoms with Gasteiger partial charge in [0.05, 0.1) is 8.48 Å². The molecule has 3 rings (SSSR count). The maximum absolute atomic E-state index is 13.2. The lowest BCUT2D eigenvalue weighted by Crippen LogP contribution is -2.41. The smallest absolute Gasteiger partial charge is 0.328 e. The summed E-state index contributed by atoms with van der Waals surface area (Å²) < 4.78 is 14.3. The lowest BCUT2D eigenvalue weighted by atomic mass is 9.95. The van der Waals surface area contributed by atoms with E-state index in [1.54, 1.807) is 25.4 Å². The van der Waals surface area contributed by atoms with Gasteiger partial charge in [-0.05, 0) is 72.7 Å². The molecule has 1 unspecified atom stereocenters. The summed E-state index contributed by atoms with van der Waals surface area (Å²) in [5.41, 5.74) is 1.74. The molecule has 1 N–H and O–H groups in total. The zero-order valence-electron chi connectivity index (χ0n) is 20.5. The first-order valence-electron chi connectivity index (χ1n) is 11.9. The van der Waals surface area contributed by atoms with E-state index in [9.17, 15) is 9.59 Å². The third kappa shape index (κ3) is 7.07. The SMILES string of the molecule is [2H]C(C1CCN(c2ccc(OC)cc2)CC1)N(C(=O)CC(C)C)c1cc(C=CC(=O)O)ccn1. The molecule has 176 valence electrons. The number of methoxy groups -OCH3 is 1. The number of carboxylic acids is 1. The van der Waals surface area contributed by atoms with Crippen LogP contribution in [0.15, 0.2) is 48.7 Å². The number of piperidine rings is 1. The van der Waals surface area contributed by atoms with E-state index in [4.69, 9.17) is 11.2 Å². The first-order valence-corrected chi connectivity index (χ1v) is 11.3. The van der Waals surface area contributed by atoms with Crippen LogP contribution in [0.4, 0.5) is 11.5 Å². The molecule has 1 aromatic heterocycles. The number of carbonyl (C=O) groups excluding carboxylic acids is 1. The maximum atomic E-state index is 13.2. The Morgan fingerprint density at radius 3 is 2.58 bits per heavy atom. The van der Waals surface area contributed by atoms with E-state index >= 15 is 0 Å². The van der Waals surface area contributed by atoms with E-state index in [1.807, 2.05) is 38.1 Å². The topological polar surface area (TPSA) is 83.0 Å². The number of aliphatic carboxylic acids is 1. The molecule has 2 aromatic rings. The van der Waals surface area contributed by atoms with Crippen LogP contribution in [-0.4, -0.2) is 48.7 Å². The zero-order chi connectivity index (χ0) is 24.7. The minimum Gasteiger partial charge on any atom is -0.497 e. The largest absolute Gasteiger partial charge is 0.497 e. The van der Waals surface area contributed by atoms with Crippen molar-refractivity contribution in [3.05, 3.63) is 54.2 Å². The fourth-order valence-electron chi connectivity index (χ4n) is 3.88. The molecule has 1 atom stereocenters. The van der Waals surface area contributed by atoms with Crippen molar-refractivity contribution in [3.8, 4) is 5.75 Å². The molecule has 0 bridgehead atoms. The zero-order valence-corrected chi connectivity index (χ0v) is 19.5. The van der Waals surface area contributed by atoms with Crippen LogP contribution >= 0.6 is 0 Å². The third-order valence-electron chi connectivity index (χ3n) is 5.62. The number of ether oxygens (including phenoxy) is 1. The number of pyridine rings is 1. The summed E-state index contributed by atoms with van der Waals surface area (Å²) in [4.78, 5) is 32.2. The highest BCUT2D eigenvalue weighted by Gasteiger charge is 2.26. The number of carbonyl (C=O) groups is 2. The molecule has 1 saturated heterocycles. The Kier molecular flexibility index (Phi) is 7.95. The Morgan fingerprint density at radius 2 is 1.97 bits per heavy atom. The van der Waals surface area contributed by atoms with Crippen molar-refractivity contribution in [1.82, 2.24) is 4.98 Å². The average molecular weight is 453 g/mol. The van der Waals surface area contributed by atoms with E-state index in [0.29, 0.717) is 17.8 Å². The van der Waals surface area contributed by atoms with Crippen LogP contribution in [0.3, 0.4) is 0 Å². The highest BCUT2D eigenvalue weighted by atomic mass is 16.5. The molecule has 0 radical (unpaired) electrons. The van der Waals surface area contributed by atoms with Crippen molar-refractivity contribution in [3.63, 3.8) is 0 Å². The summed E-state index contributed by atoms with van der Waals surface area (Å²) in [5, 5.41) is 8.92. The molecular weight excluding hydrogens is 418 g/mol. The summed E-state index contributed by atoms with van der Waals surface area (Å²) in [6, 6.07) is 11.3. The summed E-state index contributed by atoms with van der Waals surface area (Å²) in [7, 11) is 1.65. The van der Waals surface area contributed by atoms with Gasteiger partial charge >= 0.3 is 5.97 Å². The molecule has 2 heterocycles. The van der Waals surface area contributed by atoms with E-state index in [0.717, 1.165) is 43.4 Å². The number of hydrogen-bond donors (Lipinski definition) is 1. The van der Waals surface area contributed by atoms with Crippen molar-refractivity contribution in [2.45, 2.75) is 33.1 Å². The molecule has 0 spiro atoms. The minimum atomic E-state index is -1.05. The van der Waals surface area contributed by atoms with Crippen LogP contribution in [0, 0.1) is 11.8 Å². The van der Waals surface area contributed by atoms with Crippen molar-refractivity contribution in [2.24, 2.45) is 11.8 Å². The van der Waals surface area contributed by atoms with Gasteiger partial charge in [-0.2, -0.15) is 0 Å². The second-order valence-electron chi connectivity index (χ2n) is 8.65. The Balaban J connectivity index is 1.77. The molecule has 7 nitrogen and oxygen atoms in total. The normalized spacial score (nSPS) is 16.0. The van der Waals surface area contributed by atoms with E-state index in [2.05, 4.69) is 9.88 Å². The molecule has 0 aliphatic carbocycles. The molecule has 7 heteroatoms. The lowest BCUT2D eigenvalue weighted by molar-refractivity contribution is -0.131. The fourth-order valence-corrected chi connectivity index (χ4v) is 3.88. The van der Waals surface area contributed by atoms with Crippen molar-refractivity contribution in [1.29, 1.82) is 0 Å².